The fourth-order valence-electron chi connectivity index (χ4n) is 9.84. The van der Waals surface area contributed by atoms with Gasteiger partial charge in [-0.2, -0.15) is 0 Å². The Morgan fingerprint density at radius 3 is 1.49 bits per heavy atom. The summed E-state index contributed by atoms with van der Waals surface area (Å²) in [7, 11) is 0. The molecule has 0 unspecified atom stereocenters. The van der Waals surface area contributed by atoms with Gasteiger partial charge in [-0.25, -0.2) is 0 Å². The SMILES string of the molecule is CC(C)c1ccc(N(c2ccccc2)c2cc3c(c4ccccc24)-c2c(c4ccccc4c4ccccc24)C32c3ccccc3-c3ccccc32)cc1. The van der Waals surface area contributed by atoms with E-state index in [4.69, 9.17) is 0 Å². The molecule has 0 saturated carbocycles. The minimum absolute atomic E-state index is 0.459. The van der Waals surface area contributed by atoms with Crippen LogP contribution in [0.1, 0.15) is 47.6 Å². The molecule has 0 saturated heterocycles. The second-order valence-electron chi connectivity index (χ2n) is 15.0. The zero-order valence-electron chi connectivity index (χ0n) is 29.8. The number of anilines is 3. The quantitative estimate of drug-likeness (QED) is 0.168. The van der Waals surface area contributed by atoms with E-state index in [2.05, 4.69) is 201 Å². The summed E-state index contributed by atoms with van der Waals surface area (Å²) in [4.78, 5) is 2.48. The predicted octanol–water partition coefficient (Wildman–Crippen LogP) is 14.1. The van der Waals surface area contributed by atoms with Gasteiger partial charge in [-0.3, -0.25) is 0 Å². The maximum Gasteiger partial charge on any atom is 0.0732 e. The summed E-state index contributed by atoms with van der Waals surface area (Å²) in [6.07, 6.45) is 0. The summed E-state index contributed by atoms with van der Waals surface area (Å²) in [6, 6.07) is 68.3. The van der Waals surface area contributed by atoms with Crippen LogP contribution in [0.4, 0.5) is 17.1 Å². The third kappa shape index (κ3) is 4.02. The van der Waals surface area contributed by atoms with Crippen molar-refractivity contribution >= 4 is 49.4 Å². The Labute approximate surface area is 310 Å². The molecular weight excluding hydrogens is 639 g/mol. The molecule has 11 rings (SSSR count). The number of fused-ring (bicyclic) bond motifs is 17. The van der Waals surface area contributed by atoms with Gasteiger partial charge in [0.2, 0.25) is 0 Å². The van der Waals surface area contributed by atoms with Gasteiger partial charge in [-0.1, -0.05) is 166 Å². The topological polar surface area (TPSA) is 3.24 Å². The van der Waals surface area contributed by atoms with E-state index < -0.39 is 5.41 Å². The Bertz CT molecular complexity index is 2870. The number of rotatable bonds is 4. The summed E-state index contributed by atoms with van der Waals surface area (Å²) in [5.41, 5.74) is 15.1. The van der Waals surface area contributed by atoms with Crippen molar-refractivity contribution in [3.05, 3.63) is 210 Å². The Morgan fingerprint density at radius 2 is 0.868 bits per heavy atom. The lowest BCUT2D eigenvalue weighted by molar-refractivity contribution is 0.802. The second kappa shape index (κ2) is 11.3. The third-order valence-corrected chi connectivity index (χ3v) is 12.0. The number of benzene rings is 9. The van der Waals surface area contributed by atoms with Gasteiger partial charge in [0.25, 0.3) is 0 Å². The Morgan fingerprint density at radius 1 is 0.396 bits per heavy atom. The zero-order valence-corrected chi connectivity index (χ0v) is 29.8. The lowest BCUT2D eigenvalue weighted by Crippen LogP contribution is -2.26. The molecule has 0 aliphatic heterocycles. The smallest absolute Gasteiger partial charge is 0.0732 e. The molecule has 9 aromatic carbocycles. The molecule has 2 aliphatic carbocycles. The van der Waals surface area contributed by atoms with Gasteiger partial charge in [-0.05, 0) is 113 Å². The van der Waals surface area contributed by atoms with Crippen molar-refractivity contribution in [1.29, 1.82) is 0 Å². The van der Waals surface area contributed by atoms with Gasteiger partial charge < -0.3 is 4.90 Å². The standard InChI is InChI=1S/C52H37N/c1-33(2)34-28-30-36(31-29-34)53(35-16-4-3-5-17-35)48-32-47-49(43-24-10-8-22-41(43)48)50-42-23-9-6-18-37(42)38-19-7-11-25-44(38)51(50)52(47)45-26-14-12-20-39(45)40-21-13-15-27-46(40)52/h3-33H,1-2H3. The molecule has 1 nitrogen and oxygen atoms in total. The van der Waals surface area contributed by atoms with E-state index in [0.29, 0.717) is 5.92 Å². The highest BCUT2D eigenvalue weighted by atomic mass is 15.1. The van der Waals surface area contributed by atoms with Crippen LogP contribution in [-0.4, -0.2) is 0 Å². The van der Waals surface area contributed by atoms with Crippen LogP contribution in [0.25, 0.3) is 54.6 Å². The molecule has 1 heteroatoms. The van der Waals surface area contributed by atoms with Gasteiger partial charge in [0, 0.05) is 16.8 Å². The predicted molar refractivity (Wildman–Crippen MR) is 224 cm³/mol. The average Bonchev–Trinajstić information content (AvgIpc) is 3.70. The summed E-state index contributed by atoms with van der Waals surface area (Å²) in [6.45, 7) is 4.53. The molecule has 1 spiro atoms. The first-order valence-electron chi connectivity index (χ1n) is 18.8. The van der Waals surface area contributed by atoms with Crippen molar-refractivity contribution in [2.75, 3.05) is 4.90 Å². The van der Waals surface area contributed by atoms with Crippen LogP contribution in [-0.2, 0) is 5.41 Å². The third-order valence-electron chi connectivity index (χ3n) is 12.0. The van der Waals surface area contributed by atoms with Crippen LogP contribution in [0.2, 0.25) is 0 Å². The van der Waals surface area contributed by atoms with Crippen LogP contribution in [0.5, 0.6) is 0 Å². The minimum Gasteiger partial charge on any atom is -0.310 e. The van der Waals surface area contributed by atoms with Crippen molar-refractivity contribution in [3.63, 3.8) is 0 Å². The highest BCUT2D eigenvalue weighted by Gasteiger charge is 2.53. The van der Waals surface area contributed by atoms with E-state index in [-0.39, 0.29) is 0 Å². The Kier molecular flexibility index (Phi) is 6.43. The molecule has 0 N–H and O–H groups in total. The minimum atomic E-state index is -0.524. The van der Waals surface area contributed by atoms with Crippen molar-refractivity contribution in [2.45, 2.75) is 25.2 Å². The highest BCUT2D eigenvalue weighted by molar-refractivity contribution is 6.24. The van der Waals surface area contributed by atoms with Crippen LogP contribution >= 0.6 is 0 Å². The van der Waals surface area contributed by atoms with E-state index >= 15 is 0 Å². The monoisotopic (exact) mass is 675 g/mol. The molecule has 0 fully saturated rings. The van der Waals surface area contributed by atoms with Gasteiger partial charge in [0.15, 0.2) is 0 Å². The van der Waals surface area contributed by atoms with E-state index in [9.17, 15) is 0 Å². The lowest BCUT2D eigenvalue weighted by Gasteiger charge is -2.33. The van der Waals surface area contributed by atoms with E-state index in [1.807, 2.05) is 0 Å². The number of hydrogen-bond donors (Lipinski definition) is 0. The number of para-hydroxylation sites is 1. The summed E-state index contributed by atoms with van der Waals surface area (Å²) >= 11 is 0. The molecule has 0 atom stereocenters. The Hall–Kier alpha value is -6.44. The van der Waals surface area contributed by atoms with Crippen LogP contribution in [0.3, 0.4) is 0 Å². The maximum atomic E-state index is 2.56. The highest BCUT2D eigenvalue weighted by Crippen LogP contribution is 2.67. The molecule has 0 amide bonds. The summed E-state index contributed by atoms with van der Waals surface area (Å²) in [5.74, 6) is 0.459. The maximum absolute atomic E-state index is 2.56. The molecule has 0 bridgehead atoms. The number of nitrogens with zero attached hydrogens (tertiary/aromatic N) is 1. The molecule has 9 aromatic rings. The van der Waals surface area contributed by atoms with Crippen LogP contribution in [0.15, 0.2) is 182 Å². The van der Waals surface area contributed by atoms with Gasteiger partial charge in [-0.15, -0.1) is 0 Å². The molecule has 0 radical (unpaired) electrons. The first kappa shape index (κ1) is 30.2. The van der Waals surface area contributed by atoms with Crippen molar-refractivity contribution in [3.8, 4) is 22.3 Å². The van der Waals surface area contributed by atoms with Crippen molar-refractivity contribution in [1.82, 2.24) is 0 Å². The molecule has 0 aromatic heterocycles. The molecule has 0 heterocycles. The molecular formula is C52H37N. The lowest BCUT2D eigenvalue weighted by atomic mass is 9.69. The molecule has 250 valence electrons. The number of hydrogen-bond acceptors (Lipinski definition) is 1. The van der Waals surface area contributed by atoms with Gasteiger partial charge in [0.1, 0.15) is 0 Å². The first-order chi connectivity index (χ1) is 26.2. The van der Waals surface area contributed by atoms with Crippen molar-refractivity contribution in [2.24, 2.45) is 0 Å². The molecule has 2 aliphatic rings. The van der Waals surface area contributed by atoms with Gasteiger partial charge in [0.05, 0.1) is 11.1 Å². The summed E-state index contributed by atoms with van der Waals surface area (Å²) in [5, 5.41) is 7.75. The van der Waals surface area contributed by atoms with E-state index in [1.54, 1.807) is 0 Å². The fourth-order valence-corrected chi connectivity index (χ4v) is 9.84. The fraction of sp³-hybridized carbons (Fsp3) is 0.0769. The molecule has 53 heavy (non-hydrogen) atoms. The van der Waals surface area contributed by atoms with Crippen LogP contribution < -0.4 is 4.90 Å². The Balaban J connectivity index is 1.36. The van der Waals surface area contributed by atoms with Crippen molar-refractivity contribution < 1.29 is 0 Å². The second-order valence-corrected chi connectivity index (χ2v) is 15.0. The normalized spacial score (nSPS) is 13.4. The zero-order chi connectivity index (χ0) is 35.3. The summed E-state index contributed by atoms with van der Waals surface area (Å²) < 4.78 is 0. The first-order valence-corrected chi connectivity index (χ1v) is 18.8. The van der Waals surface area contributed by atoms with Crippen LogP contribution in [0, 0.1) is 0 Å². The van der Waals surface area contributed by atoms with E-state index in [1.165, 1.54) is 88.1 Å². The average molecular weight is 676 g/mol. The van der Waals surface area contributed by atoms with Gasteiger partial charge >= 0.3 is 0 Å². The van der Waals surface area contributed by atoms with E-state index in [0.717, 1.165) is 11.4 Å². The largest absolute Gasteiger partial charge is 0.310 e.